The van der Waals surface area contributed by atoms with Gasteiger partial charge in [0.1, 0.15) is 12.1 Å². The molecule has 1 fully saturated rings. The molecule has 1 saturated heterocycles. The van der Waals surface area contributed by atoms with Gasteiger partial charge in [0.15, 0.2) is 0 Å². The van der Waals surface area contributed by atoms with Crippen molar-refractivity contribution in [2.45, 2.75) is 18.1 Å². The number of hydrogen-bond acceptors (Lipinski definition) is 3. The molecule has 4 aliphatic carbocycles. The van der Waals surface area contributed by atoms with Crippen molar-refractivity contribution in [2.24, 2.45) is 17.8 Å². The summed E-state index contributed by atoms with van der Waals surface area (Å²) in [5.74, 6) is 0.628. The summed E-state index contributed by atoms with van der Waals surface area (Å²) in [6.45, 7) is 0. The molecule has 6 unspecified atom stereocenters. The first-order chi connectivity index (χ1) is 36.1. The second-order valence-corrected chi connectivity index (χ2v) is 20.1. The zero-order chi connectivity index (χ0) is 48.1. The number of nitrogens with zero attached hydrogens (tertiary/aromatic N) is 6. The smallest absolute Gasteiger partial charge is 0.101 e. The van der Waals surface area contributed by atoms with E-state index >= 15 is 0 Å². The number of rotatable bonds is 4. The maximum atomic E-state index is 11.4. The molecule has 342 valence electrons. The lowest BCUT2D eigenvalue weighted by atomic mass is 9.78. The SMILES string of the molecule is N#Cc1cc(-n2c3c(c4cc(-n5c6ccccc6c6ccccc65)ccc42)C2OC4C=CC=CC4C2C=C3)c(C#N)cc1-n1c2c(c3cc(-n4c5ccccc5c5ccccc54)ccc31)C1C=CC=CC1C=C2. The van der Waals surface area contributed by atoms with Gasteiger partial charge in [0.2, 0.25) is 0 Å². The molecule has 4 aromatic heterocycles. The summed E-state index contributed by atoms with van der Waals surface area (Å²) in [7, 11) is 0. The number of nitriles is 2. The molecule has 7 heteroatoms. The van der Waals surface area contributed by atoms with Crippen LogP contribution < -0.4 is 0 Å². The summed E-state index contributed by atoms with van der Waals surface area (Å²) >= 11 is 0. The van der Waals surface area contributed by atoms with Gasteiger partial charge in [0.25, 0.3) is 0 Å². The first kappa shape index (κ1) is 40.3. The molecule has 16 rings (SSSR count). The van der Waals surface area contributed by atoms with Gasteiger partial charge >= 0.3 is 0 Å². The van der Waals surface area contributed by atoms with E-state index in [2.05, 4.69) is 237 Å². The number of aromatic nitrogens is 4. The predicted octanol–water partition coefficient (Wildman–Crippen LogP) is 15.2. The molecule has 11 aromatic rings. The molecule has 0 spiro atoms. The minimum atomic E-state index is -0.218. The summed E-state index contributed by atoms with van der Waals surface area (Å²) in [5, 5.41) is 29.8. The monoisotopic (exact) mass is 934 g/mol. The second-order valence-electron chi connectivity index (χ2n) is 20.1. The minimum absolute atomic E-state index is 0.0431. The molecule has 5 heterocycles. The van der Waals surface area contributed by atoms with E-state index in [1.807, 2.05) is 12.1 Å². The van der Waals surface area contributed by atoms with Crippen molar-refractivity contribution < 1.29 is 4.74 Å². The lowest BCUT2D eigenvalue weighted by Crippen LogP contribution is -2.18. The Morgan fingerprint density at radius 1 is 0.397 bits per heavy atom. The zero-order valence-corrected chi connectivity index (χ0v) is 39.3. The highest BCUT2D eigenvalue weighted by Gasteiger charge is 2.46. The van der Waals surface area contributed by atoms with Crippen LogP contribution in [0.1, 0.15) is 45.7 Å². The standard InChI is InChI=1S/C66H42N6O/c67-37-40-34-62(72-58-31-27-43(70-55-22-10-5-17-47(55)48-18-6-11-23-56(48)70)36-52(58)65-60(72)32-28-50-49-19-7-12-24-63(49)73-66(50)65)41(38-68)33-61(40)71-57-30-26-42(35-51(57)64-44-14-2-1-13-39(44)25-29-59(64)71)69-53-20-8-3-15-45(53)46-16-4-9-21-54(46)69/h1-36,39,44,49-50,63,66H. The summed E-state index contributed by atoms with van der Waals surface area (Å²) in [4.78, 5) is 0. The van der Waals surface area contributed by atoms with Gasteiger partial charge in [-0.1, -0.05) is 134 Å². The van der Waals surface area contributed by atoms with E-state index in [0.717, 1.165) is 72.2 Å². The molecule has 0 bridgehead atoms. The largest absolute Gasteiger partial charge is 0.365 e. The van der Waals surface area contributed by atoms with Gasteiger partial charge in [-0.2, -0.15) is 10.5 Å². The molecule has 0 saturated carbocycles. The lowest BCUT2D eigenvalue weighted by Gasteiger charge is -2.26. The fourth-order valence-electron chi connectivity index (χ4n) is 13.5. The van der Waals surface area contributed by atoms with Gasteiger partial charge in [-0.3, -0.25) is 0 Å². The van der Waals surface area contributed by atoms with Crippen LogP contribution in [0, 0.1) is 40.4 Å². The van der Waals surface area contributed by atoms with Gasteiger partial charge in [-0.25, -0.2) is 0 Å². The Morgan fingerprint density at radius 3 is 1.42 bits per heavy atom. The van der Waals surface area contributed by atoms with E-state index in [9.17, 15) is 10.5 Å². The highest BCUT2D eigenvalue weighted by Crippen LogP contribution is 2.53. The highest BCUT2D eigenvalue weighted by atomic mass is 16.5. The van der Waals surface area contributed by atoms with Crippen molar-refractivity contribution in [1.29, 1.82) is 10.5 Å². The Morgan fingerprint density at radius 2 is 0.863 bits per heavy atom. The Bertz CT molecular complexity index is 4450. The molecule has 73 heavy (non-hydrogen) atoms. The quantitative estimate of drug-likeness (QED) is 0.176. The summed E-state index contributed by atoms with van der Waals surface area (Å²) < 4.78 is 16.2. The van der Waals surface area contributed by atoms with Crippen LogP contribution in [0.25, 0.3) is 100 Å². The van der Waals surface area contributed by atoms with Gasteiger partial charge in [-0.15, -0.1) is 0 Å². The molecule has 6 atom stereocenters. The highest BCUT2D eigenvalue weighted by molar-refractivity contribution is 6.11. The van der Waals surface area contributed by atoms with E-state index in [1.54, 1.807) is 0 Å². The van der Waals surface area contributed by atoms with Gasteiger partial charge in [0, 0.05) is 72.9 Å². The first-order valence-corrected chi connectivity index (χ1v) is 25.2. The van der Waals surface area contributed by atoms with E-state index in [1.165, 1.54) is 27.1 Å². The number of allylic oxidation sites excluding steroid dienone is 7. The summed E-state index contributed by atoms with van der Waals surface area (Å²) in [6.07, 6.45) is 26.3. The number of para-hydroxylation sites is 4. The van der Waals surface area contributed by atoms with E-state index in [0.29, 0.717) is 22.5 Å². The first-order valence-electron chi connectivity index (χ1n) is 25.2. The third-order valence-electron chi connectivity index (χ3n) is 16.5. The topological polar surface area (TPSA) is 76.5 Å². The van der Waals surface area contributed by atoms with Gasteiger partial charge in [0.05, 0.1) is 79.2 Å². The molecular weight excluding hydrogens is 893 g/mol. The van der Waals surface area contributed by atoms with Crippen LogP contribution in [0.3, 0.4) is 0 Å². The van der Waals surface area contributed by atoms with E-state index in [-0.39, 0.29) is 35.9 Å². The summed E-state index contributed by atoms with van der Waals surface area (Å²) in [5.41, 5.74) is 15.2. The zero-order valence-electron chi connectivity index (χ0n) is 39.3. The summed E-state index contributed by atoms with van der Waals surface area (Å²) in [6, 6.07) is 57.0. The van der Waals surface area contributed by atoms with Gasteiger partial charge < -0.3 is 23.0 Å². The van der Waals surface area contributed by atoms with E-state index < -0.39 is 0 Å². The van der Waals surface area contributed by atoms with Crippen LogP contribution in [0.5, 0.6) is 0 Å². The third-order valence-corrected chi connectivity index (χ3v) is 16.5. The van der Waals surface area contributed by atoms with Crippen LogP contribution in [0.4, 0.5) is 0 Å². The average molecular weight is 935 g/mol. The average Bonchev–Trinajstić information content (AvgIpc) is 4.25. The van der Waals surface area contributed by atoms with Crippen LogP contribution in [-0.4, -0.2) is 24.4 Å². The van der Waals surface area contributed by atoms with Gasteiger partial charge in [-0.05, 0) is 90.5 Å². The molecule has 5 aliphatic rings. The van der Waals surface area contributed by atoms with Crippen molar-refractivity contribution in [3.05, 3.63) is 240 Å². The maximum Gasteiger partial charge on any atom is 0.101 e. The number of benzene rings is 7. The van der Waals surface area contributed by atoms with Crippen molar-refractivity contribution in [2.75, 3.05) is 0 Å². The molecular formula is C66H42N6O. The molecule has 1 aliphatic heterocycles. The van der Waals surface area contributed by atoms with Crippen LogP contribution in [0.2, 0.25) is 0 Å². The Hall–Kier alpha value is -9.40. The predicted molar refractivity (Wildman–Crippen MR) is 294 cm³/mol. The number of fused-ring (bicyclic) bond motifs is 18. The molecule has 7 nitrogen and oxygen atoms in total. The van der Waals surface area contributed by atoms with Crippen LogP contribution in [-0.2, 0) is 4.74 Å². The van der Waals surface area contributed by atoms with Crippen LogP contribution >= 0.6 is 0 Å². The van der Waals surface area contributed by atoms with E-state index in [4.69, 9.17) is 4.74 Å². The second kappa shape index (κ2) is 15.1. The Kier molecular flexibility index (Phi) is 8.32. The van der Waals surface area contributed by atoms with Crippen LogP contribution in [0.15, 0.2) is 206 Å². The van der Waals surface area contributed by atoms with Crippen molar-refractivity contribution in [3.63, 3.8) is 0 Å². The molecule has 7 aromatic carbocycles. The maximum absolute atomic E-state index is 11.4. The fourth-order valence-corrected chi connectivity index (χ4v) is 13.5. The molecule has 0 N–H and O–H groups in total. The van der Waals surface area contributed by atoms with Crippen molar-refractivity contribution >= 4 is 77.6 Å². The molecule has 0 radical (unpaired) electrons. The number of hydrogen-bond donors (Lipinski definition) is 0. The van der Waals surface area contributed by atoms with Crippen molar-refractivity contribution in [3.8, 4) is 34.9 Å². The normalized spacial score (nSPS) is 21.0. The molecule has 0 amide bonds. The minimum Gasteiger partial charge on any atom is -0.365 e. The Labute approximate surface area is 419 Å². The number of ether oxygens (including phenoxy) is 1. The fraction of sp³-hybridized carbons (Fsp3) is 0.0909. The Balaban J connectivity index is 0.924. The van der Waals surface area contributed by atoms with Crippen molar-refractivity contribution in [1.82, 2.24) is 18.3 Å². The lowest BCUT2D eigenvalue weighted by molar-refractivity contribution is 0.0594. The third kappa shape index (κ3) is 5.49.